The van der Waals surface area contributed by atoms with Crippen LogP contribution in [0.15, 0.2) is 18.2 Å². The first-order valence-electron chi connectivity index (χ1n) is 5.38. The van der Waals surface area contributed by atoms with Gasteiger partial charge in [-0.2, -0.15) is 12.6 Å². The van der Waals surface area contributed by atoms with Gasteiger partial charge in [0, 0.05) is 12.4 Å². The van der Waals surface area contributed by atoms with Crippen LogP contribution in [0.25, 0.3) is 0 Å². The molecule has 1 aromatic rings. The molecule has 2 nitrogen and oxygen atoms in total. The van der Waals surface area contributed by atoms with Crippen molar-refractivity contribution in [3.05, 3.63) is 28.8 Å². The van der Waals surface area contributed by atoms with Crippen LogP contribution in [0.2, 0.25) is 5.02 Å². The first-order valence-corrected chi connectivity index (χ1v) is 6.39. The fourth-order valence-corrected chi connectivity index (χ4v) is 1.76. The minimum absolute atomic E-state index is 0.640. The molecule has 0 spiro atoms. The third kappa shape index (κ3) is 4.24. The van der Waals surface area contributed by atoms with Crippen LogP contribution in [0.1, 0.15) is 12.5 Å². The molecule has 0 unspecified atom stereocenters. The smallest absolute Gasteiger partial charge is 0.137 e. The van der Waals surface area contributed by atoms with Crippen LogP contribution in [-0.4, -0.2) is 31.0 Å². The molecule has 0 saturated heterocycles. The van der Waals surface area contributed by atoms with Gasteiger partial charge >= 0.3 is 0 Å². The molecule has 0 amide bonds. The summed E-state index contributed by atoms with van der Waals surface area (Å²) >= 11 is 10.3. The Kier molecular flexibility index (Phi) is 6.03. The molecule has 0 N–H and O–H groups in total. The highest BCUT2D eigenvalue weighted by Gasteiger charge is 2.03. The molecule has 0 heterocycles. The van der Waals surface area contributed by atoms with Gasteiger partial charge in [-0.15, -0.1) is 0 Å². The summed E-state index contributed by atoms with van der Waals surface area (Å²) in [5, 5.41) is 0.688. The lowest BCUT2D eigenvalue weighted by molar-refractivity contribution is 0.340. The molecule has 1 rings (SSSR count). The van der Waals surface area contributed by atoms with Crippen molar-refractivity contribution in [1.29, 1.82) is 0 Å². The molecular formula is C12H18ClNOS. The Balaban J connectivity index is 2.59. The minimum Gasteiger partial charge on any atom is -0.492 e. The predicted molar refractivity (Wildman–Crippen MR) is 72.8 cm³/mol. The van der Waals surface area contributed by atoms with Crippen LogP contribution in [0.5, 0.6) is 5.75 Å². The van der Waals surface area contributed by atoms with Crippen LogP contribution in [-0.2, 0) is 6.42 Å². The van der Waals surface area contributed by atoms with Crippen LogP contribution < -0.4 is 4.74 Å². The molecule has 0 aliphatic rings. The van der Waals surface area contributed by atoms with Crippen molar-refractivity contribution in [1.82, 2.24) is 4.90 Å². The van der Waals surface area contributed by atoms with Gasteiger partial charge < -0.3 is 4.74 Å². The lowest BCUT2D eigenvalue weighted by Gasteiger charge is -2.13. The van der Waals surface area contributed by atoms with E-state index < -0.39 is 0 Å². The molecule has 90 valence electrons. The van der Waals surface area contributed by atoms with E-state index in [4.69, 9.17) is 16.3 Å². The Hall–Kier alpha value is -0.380. The SMILES string of the molecule is CCOc1ccc(CCN(C)CS)cc1Cl. The number of halogens is 1. The molecule has 0 aliphatic carbocycles. The van der Waals surface area contributed by atoms with Crippen molar-refractivity contribution < 1.29 is 4.74 Å². The molecule has 16 heavy (non-hydrogen) atoms. The molecule has 0 fully saturated rings. The zero-order chi connectivity index (χ0) is 12.0. The summed E-state index contributed by atoms with van der Waals surface area (Å²) in [5.74, 6) is 1.53. The molecule has 0 aliphatic heterocycles. The summed E-state index contributed by atoms with van der Waals surface area (Å²) in [6.07, 6.45) is 0.975. The maximum absolute atomic E-state index is 6.10. The number of benzene rings is 1. The average molecular weight is 260 g/mol. The number of hydrogen-bond donors (Lipinski definition) is 1. The third-order valence-electron chi connectivity index (χ3n) is 2.32. The normalized spacial score (nSPS) is 10.8. The minimum atomic E-state index is 0.640. The van der Waals surface area contributed by atoms with E-state index in [0.717, 1.165) is 24.6 Å². The van der Waals surface area contributed by atoms with E-state index in [1.54, 1.807) is 0 Å². The highest BCUT2D eigenvalue weighted by atomic mass is 35.5. The first kappa shape index (κ1) is 13.7. The quantitative estimate of drug-likeness (QED) is 0.623. The fraction of sp³-hybridized carbons (Fsp3) is 0.500. The monoisotopic (exact) mass is 259 g/mol. The second kappa shape index (κ2) is 7.05. The van der Waals surface area contributed by atoms with Gasteiger partial charge in [-0.25, -0.2) is 0 Å². The van der Waals surface area contributed by atoms with E-state index in [1.165, 1.54) is 5.56 Å². The van der Waals surface area contributed by atoms with Gasteiger partial charge in [-0.05, 0) is 38.1 Å². The highest BCUT2D eigenvalue weighted by Crippen LogP contribution is 2.25. The predicted octanol–water partition coefficient (Wildman–Crippen LogP) is 3.10. The van der Waals surface area contributed by atoms with Crippen molar-refractivity contribution >= 4 is 24.2 Å². The highest BCUT2D eigenvalue weighted by molar-refractivity contribution is 7.80. The summed E-state index contributed by atoms with van der Waals surface area (Å²) in [6.45, 7) is 3.57. The van der Waals surface area contributed by atoms with Gasteiger partial charge in [0.25, 0.3) is 0 Å². The maximum atomic E-state index is 6.10. The Morgan fingerprint density at radius 2 is 2.19 bits per heavy atom. The second-order valence-corrected chi connectivity index (χ2v) is 4.36. The molecule has 0 bridgehead atoms. The largest absolute Gasteiger partial charge is 0.492 e. The molecular weight excluding hydrogens is 242 g/mol. The lowest BCUT2D eigenvalue weighted by atomic mass is 10.1. The summed E-state index contributed by atoms with van der Waals surface area (Å²) in [7, 11) is 2.04. The molecule has 0 saturated carbocycles. The summed E-state index contributed by atoms with van der Waals surface area (Å²) < 4.78 is 5.38. The van der Waals surface area contributed by atoms with E-state index >= 15 is 0 Å². The number of ether oxygens (including phenoxy) is 1. The van der Waals surface area contributed by atoms with Gasteiger partial charge in [0.1, 0.15) is 5.75 Å². The summed E-state index contributed by atoms with van der Waals surface area (Å²) in [6, 6.07) is 5.96. The van der Waals surface area contributed by atoms with Crippen LogP contribution in [0.4, 0.5) is 0 Å². The zero-order valence-corrected chi connectivity index (χ0v) is 11.4. The standard InChI is InChI=1S/C12H18ClNOS/c1-3-15-12-5-4-10(8-11(12)13)6-7-14(2)9-16/h4-5,8,16H,3,6-7,9H2,1-2H3. The van der Waals surface area contributed by atoms with Gasteiger partial charge in [-0.1, -0.05) is 17.7 Å². The Bertz CT molecular complexity index is 333. The number of hydrogen-bond acceptors (Lipinski definition) is 3. The molecule has 0 aromatic heterocycles. The van der Waals surface area contributed by atoms with E-state index in [0.29, 0.717) is 11.6 Å². The van der Waals surface area contributed by atoms with Crippen molar-refractivity contribution in [3.63, 3.8) is 0 Å². The molecule has 0 radical (unpaired) electrons. The fourth-order valence-electron chi connectivity index (χ4n) is 1.36. The summed E-state index contributed by atoms with van der Waals surface area (Å²) in [4.78, 5) is 2.15. The van der Waals surface area contributed by atoms with Crippen molar-refractivity contribution in [3.8, 4) is 5.75 Å². The molecule has 0 atom stereocenters. The van der Waals surface area contributed by atoms with Gasteiger partial charge in [0.05, 0.1) is 11.6 Å². The van der Waals surface area contributed by atoms with Crippen molar-refractivity contribution in [2.45, 2.75) is 13.3 Å². The van der Waals surface area contributed by atoms with Gasteiger partial charge in [0.2, 0.25) is 0 Å². The first-order chi connectivity index (χ1) is 7.67. The second-order valence-electron chi connectivity index (χ2n) is 3.67. The van der Waals surface area contributed by atoms with Gasteiger partial charge in [0.15, 0.2) is 0 Å². The Labute approximate surface area is 108 Å². The third-order valence-corrected chi connectivity index (χ3v) is 3.10. The van der Waals surface area contributed by atoms with Crippen LogP contribution >= 0.6 is 24.2 Å². The van der Waals surface area contributed by atoms with E-state index in [-0.39, 0.29) is 0 Å². The van der Waals surface area contributed by atoms with E-state index in [2.05, 4.69) is 23.6 Å². The number of rotatable bonds is 6. The topological polar surface area (TPSA) is 12.5 Å². The Morgan fingerprint density at radius 3 is 2.75 bits per heavy atom. The summed E-state index contributed by atoms with van der Waals surface area (Å²) in [5.41, 5.74) is 1.22. The average Bonchev–Trinajstić information content (AvgIpc) is 2.29. The lowest BCUT2D eigenvalue weighted by Crippen LogP contribution is -2.19. The number of likely N-dealkylation sites (N-methyl/N-ethyl adjacent to an activating group) is 1. The van der Waals surface area contributed by atoms with E-state index in [1.807, 2.05) is 26.1 Å². The maximum Gasteiger partial charge on any atom is 0.137 e. The zero-order valence-electron chi connectivity index (χ0n) is 9.74. The van der Waals surface area contributed by atoms with Crippen LogP contribution in [0, 0.1) is 0 Å². The number of nitrogens with zero attached hydrogens (tertiary/aromatic N) is 1. The van der Waals surface area contributed by atoms with Gasteiger partial charge in [-0.3, -0.25) is 4.90 Å². The molecule has 1 aromatic carbocycles. The molecule has 4 heteroatoms. The van der Waals surface area contributed by atoms with Crippen LogP contribution in [0.3, 0.4) is 0 Å². The van der Waals surface area contributed by atoms with Crippen molar-refractivity contribution in [2.24, 2.45) is 0 Å². The van der Waals surface area contributed by atoms with Crippen molar-refractivity contribution in [2.75, 3.05) is 26.1 Å². The Morgan fingerprint density at radius 1 is 1.44 bits per heavy atom. The number of thiol groups is 1. The van der Waals surface area contributed by atoms with E-state index in [9.17, 15) is 0 Å².